The van der Waals surface area contributed by atoms with Gasteiger partial charge < -0.3 is 10.2 Å². The van der Waals surface area contributed by atoms with Crippen molar-refractivity contribution < 1.29 is 9.59 Å². The zero-order valence-electron chi connectivity index (χ0n) is 14.7. The molecule has 0 bridgehead atoms. The van der Waals surface area contributed by atoms with E-state index in [1.807, 2.05) is 53.4 Å². The molecule has 2 amide bonds. The first-order valence-electron chi connectivity index (χ1n) is 9.24. The molecule has 2 aromatic rings. The van der Waals surface area contributed by atoms with Crippen molar-refractivity contribution in [2.45, 2.75) is 25.3 Å². The van der Waals surface area contributed by atoms with E-state index in [4.69, 9.17) is 0 Å². The Hall–Kier alpha value is -2.69. The lowest BCUT2D eigenvalue weighted by Gasteiger charge is -2.21. The van der Waals surface area contributed by atoms with Crippen molar-refractivity contribution >= 4 is 11.8 Å². The highest BCUT2D eigenvalue weighted by atomic mass is 16.2. The van der Waals surface area contributed by atoms with Gasteiger partial charge in [0.1, 0.15) is 0 Å². The third kappa shape index (κ3) is 3.77. The zero-order chi connectivity index (χ0) is 17.9. The van der Waals surface area contributed by atoms with Crippen molar-refractivity contribution in [2.75, 3.05) is 13.1 Å². The molecule has 4 rings (SSSR count). The van der Waals surface area contributed by atoms with Crippen molar-refractivity contribution in [1.29, 1.82) is 0 Å². The summed E-state index contributed by atoms with van der Waals surface area (Å²) in [5.41, 5.74) is 1.78. The van der Waals surface area contributed by atoms with E-state index in [0.717, 1.165) is 17.8 Å². The van der Waals surface area contributed by atoms with E-state index in [0.29, 0.717) is 18.9 Å². The fourth-order valence-corrected chi connectivity index (χ4v) is 3.52. The van der Waals surface area contributed by atoms with Crippen molar-refractivity contribution in [3.63, 3.8) is 0 Å². The molecule has 0 spiro atoms. The number of carbonyl (C=O) groups excluding carboxylic acids is 2. The lowest BCUT2D eigenvalue weighted by atomic mass is 10.0. The lowest BCUT2D eigenvalue weighted by Crippen LogP contribution is -2.36. The minimum absolute atomic E-state index is 0.0730. The number of benzene rings is 1. The van der Waals surface area contributed by atoms with Crippen molar-refractivity contribution in [2.24, 2.45) is 11.8 Å². The van der Waals surface area contributed by atoms with Gasteiger partial charge in [-0.3, -0.25) is 14.6 Å². The van der Waals surface area contributed by atoms with Gasteiger partial charge in [-0.2, -0.15) is 0 Å². The standard InChI is InChI=1S/C21H23N3O2/c25-19-12-17(14-24(19)13-15-9-10-15)21(26)23-20(16-6-2-1-3-7-16)18-8-4-5-11-22-18/h1-8,11,15,17,20H,9-10,12-14H2,(H,23,26)/t17-,20-/m0/s1. The number of rotatable bonds is 6. The summed E-state index contributed by atoms with van der Waals surface area (Å²) in [6.45, 7) is 1.34. The topological polar surface area (TPSA) is 62.3 Å². The fourth-order valence-electron chi connectivity index (χ4n) is 3.52. The van der Waals surface area contributed by atoms with Crippen LogP contribution in [0.15, 0.2) is 54.7 Å². The van der Waals surface area contributed by atoms with Crippen LogP contribution in [0, 0.1) is 11.8 Å². The molecular formula is C21H23N3O2. The number of hydrogen-bond acceptors (Lipinski definition) is 3. The summed E-state index contributed by atoms with van der Waals surface area (Å²) in [4.78, 5) is 31.4. The molecule has 5 nitrogen and oxygen atoms in total. The predicted molar refractivity (Wildman–Crippen MR) is 98.1 cm³/mol. The maximum atomic E-state index is 12.9. The summed E-state index contributed by atoms with van der Waals surface area (Å²) < 4.78 is 0. The van der Waals surface area contributed by atoms with Crippen LogP contribution >= 0.6 is 0 Å². The number of aromatic nitrogens is 1. The maximum Gasteiger partial charge on any atom is 0.226 e. The maximum absolute atomic E-state index is 12.9. The first kappa shape index (κ1) is 16.8. The summed E-state index contributed by atoms with van der Waals surface area (Å²) in [5.74, 6) is 0.393. The molecule has 2 fully saturated rings. The third-order valence-corrected chi connectivity index (χ3v) is 5.16. The van der Waals surface area contributed by atoms with Gasteiger partial charge in [-0.05, 0) is 36.5 Å². The van der Waals surface area contributed by atoms with Crippen molar-refractivity contribution in [3.05, 3.63) is 66.0 Å². The van der Waals surface area contributed by atoms with Crippen LogP contribution in [0.25, 0.3) is 0 Å². The highest BCUT2D eigenvalue weighted by Gasteiger charge is 2.37. The Balaban J connectivity index is 1.49. The van der Waals surface area contributed by atoms with Crippen molar-refractivity contribution in [1.82, 2.24) is 15.2 Å². The Morgan fingerprint density at radius 1 is 1.15 bits per heavy atom. The monoisotopic (exact) mass is 349 g/mol. The molecule has 1 aromatic heterocycles. The molecule has 0 radical (unpaired) electrons. The highest BCUT2D eigenvalue weighted by molar-refractivity contribution is 5.89. The van der Waals surface area contributed by atoms with E-state index in [1.165, 1.54) is 12.8 Å². The van der Waals surface area contributed by atoms with Crippen LogP contribution in [0.3, 0.4) is 0 Å². The van der Waals surface area contributed by atoms with Crippen LogP contribution in [-0.4, -0.2) is 34.8 Å². The van der Waals surface area contributed by atoms with E-state index in [1.54, 1.807) is 6.20 Å². The largest absolute Gasteiger partial charge is 0.343 e. The molecule has 26 heavy (non-hydrogen) atoms. The molecule has 0 unspecified atom stereocenters. The number of carbonyl (C=O) groups is 2. The van der Waals surface area contributed by atoms with Crippen LogP contribution < -0.4 is 5.32 Å². The SMILES string of the molecule is O=C(N[C@@H](c1ccccc1)c1ccccn1)[C@H]1CC(=O)N(CC2CC2)C1. The molecule has 2 heterocycles. The number of likely N-dealkylation sites (tertiary alicyclic amines) is 1. The minimum atomic E-state index is -0.308. The van der Waals surface area contributed by atoms with Crippen LogP contribution in [-0.2, 0) is 9.59 Å². The number of pyridine rings is 1. The van der Waals surface area contributed by atoms with E-state index in [9.17, 15) is 9.59 Å². The first-order valence-corrected chi connectivity index (χ1v) is 9.24. The van der Waals surface area contributed by atoms with Crippen molar-refractivity contribution in [3.8, 4) is 0 Å². The first-order chi connectivity index (χ1) is 12.7. The third-order valence-electron chi connectivity index (χ3n) is 5.16. The van der Waals surface area contributed by atoms with Gasteiger partial charge in [0.05, 0.1) is 17.7 Å². The van der Waals surface area contributed by atoms with Gasteiger partial charge in [-0.25, -0.2) is 0 Å². The Labute approximate surface area is 153 Å². The van der Waals surface area contributed by atoms with E-state index in [2.05, 4.69) is 10.3 Å². The Kier molecular flexibility index (Phi) is 4.69. The summed E-state index contributed by atoms with van der Waals surface area (Å²) in [6.07, 6.45) is 4.45. The highest BCUT2D eigenvalue weighted by Crippen LogP contribution is 2.32. The molecule has 1 N–H and O–H groups in total. The molecule has 1 saturated carbocycles. The molecule has 2 atom stereocenters. The van der Waals surface area contributed by atoms with E-state index >= 15 is 0 Å². The van der Waals surface area contributed by atoms with Gasteiger partial charge in [0.15, 0.2) is 0 Å². The second kappa shape index (κ2) is 7.28. The van der Waals surface area contributed by atoms with Gasteiger partial charge in [-0.15, -0.1) is 0 Å². The Morgan fingerprint density at radius 2 is 1.92 bits per heavy atom. The average Bonchev–Trinajstić information content (AvgIpc) is 3.42. The summed E-state index contributed by atoms with van der Waals surface area (Å²) in [5, 5.41) is 3.12. The molecule has 2 aliphatic rings. The second-order valence-corrected chi connectivity index (χ2v) is 7.25. The number of nitrogens with one attached hydrogen (secondary N) is 1. The average molecular weight is 349 g/mol. The van der Waals surface area contributed by atoms with Crippen LogP contribution in [0.5, 0.6) is 0 Å². The van der Waals surface area contributed by atoms with Gasteiger partial charge in [0.25, 0.3) is 0 Å². The molecule has 5 heteroatoms. The minimum Gasteiger partial charge on any atom is -0.343 e. The van der Waals surface area contributed by atoms with Gasteiger partial charge >= 0.3 is 0 Å². The number of hydrogen-bond donors (Lipinski definition) is 1. The lowest BCUT2D eigenvalue weighted by molar-refractivity contribution is -0.129. The van der Waals surface area contributed by atoms with E-state index < -0.39 is 0 Å². The summed E-state index contributed by atoms with van der Waals surface area (Å²) >= 11 is 0. The zero-order valence-corrected chi connectivity index (χ0v) is 14.7. The second-order valence-electron chi connectivity index (χ2n) is 7.25. The van der Waals surface area contributed by atoms with E-state index in [-0.39, 0.29) is 23.8 Å². The summed E-state index contributed by atoms with van der Waals surface area (Å²) in [6, 6.07) is 15.2. The fraction of sp³-hybridized carbons (Fsp3) is 0.381. The smallest absolute Gasteiger partial charge is 0.226 e. The quantitative estimate of drug-likeness (QED) is 0.872. The van der Waals surface area contributed by atoms with Crippen LogP contribution in [0.2, 0.25) is 0 Å². The van der Waals surface area contributed by atoms with Gasteiger partial charge in [0.2, 0.25) is 11.8 Å². The van der Waals surface area contributed by atoms with Gasteiger partial charge in [0, 0.05) is 25.7 Å². The number of amides is 2. The Bertz CT molecular complexity index is 735. The molecule has 1 aliphatic carbocycles. The molecule has 1 aromatic carbocycles. The molecule has 1 aliphatic heterocycles. The Morgan fingerprint density at radius 3 is 2.62 bits per heavy atom. The van der Waals surface area contributed by atoms with Gasteiger partial charge in [-0.1, -0.05) is 36.4 Å². The normalized spacial score (nSPS) is 20.8. The number of nitrogens with zero attached hydrogens (tertiary/aromatic N) is 2. The molecule has 134 valence electrons. The predicted octanol–water partition coefficient (Wildman–Crippen LogP) is 2.55. The van der Waals surface area contributed by atoms with Crippen LogP contribution in [0.4, 0.5) is 0 Å². The van der Waals surface area contributed by atoms with Crippen LogP contribution in [0.1, 0.15) is 36.6 Å². The molecule has 1 saturated heterocycles. The summed E-state index contributed by atoms with van der Waals surface area (Å²) in [7, 11) is 0. The molecular weight excluding hydrogens is 326 g/mol.